The van der Waals surface area contributed by atoms with Crippen LogP contribution in [0.5, 0.6) is 0 Å². The van der Waals surface area contributed by atoms with Gasteiger partial charge in [0.1, 0.15) is 5.82 Å². The van der Waals surface area contributed by atoms with Gasteiger partial charge >= 0.3 is 0 Å². The summed E-state index contributed by atoms with van der Waals surface area (Å²) in [5.41, 5.74) is 3.98. The van der Waals surface area contributed by atoms with Crippen molar-refractivity contribution in [3.05, 3.63) is 65.6 Å². The van der Waals surface area contributed by atoms with Gasteiger partial charge in [0.2, 0.25) is 10.0 Å². The summed E-state index contributed by atoms with van der Waals surface area (Å²) in [7, 11) is -3.71. The van der Waals surface area contributed by atoms with Gasteiger partial charge in [0.15, 0.2) is 5.76 Å². The van der Waals surface area contributed by atoms with E-state index < -0.39 is 10.0 Å². The molecule has 0 aliphatic heterocycles. The number of aromatic nitrogens is 3. The number of benzene rings is 2. The van der Waals surface area contributed by atoms with Crippen molar-refractivity contribution >= 4 is 21.1 Å². The van der Waals surface area contributed by atoms with E-state index in [0.29, 0.717) is 17.7 Å². The quantitative estimate of drug-likeness (QED) is 0.464. The van der Waals surface area contributed by atoms with E-state index in [4.69, 9.17) is 4.52 Å². The van der Waals surface area contributed by atoms with Crippen LogP contribution in [0.25, 0.3) is 22.4 Å². The SMILES string of the molecule is Cc1cc(-c2ccc(C(C)C)c(S(=O)(=O)NCCc3nc4ccccc4[nH]3)c2)on1. The summed E-state index contributed by atoms with van der Waals surface area (Å²) in [5.74, 6) is 1.34. The highest BCUT2D eigenvalue weighted by Crippen LogP contribution is 2.29. The van der Waals surface area contributed by atoms with Crippen LogP contribution in [-0.4, -0.2) is 30.1 Å². The second kappa shape index (κ2) is 8.04. The first-order valence-corrected chi connectivity index (χ1v) is 11.3. The summed E-state index contributed by atoms with van der Waals surface area (Å²) in [4.78, 5) is 7.97. The zero-order valence-corrected chi connectivity index (χ0v) is 18.0. The van der Waals surface area contributed by atoms with Crippen molar-refractivity contribution in [1.29, 1.82) is 0 Å². The Morgan fingerprint density at radius 3 is 2.63 bits per heavy atom. The summed E-state index contributed by atoms with van der Waals surface area (Å²) >= 11 is 0. The minimum atomic E-state index is -3.71. The normalized spacial score (nSPS) is 12.1. The second-order valence-electron chi connectivity index (χ2n) is 7.59. The lowest BCUT2D eigenvalue weighted by Crippen LogP contribution is -2.27. The van der Waals surface area contributed by atoms with Crippen molar-refractivity contribution in [3.8, 4) is 11.3 Å². The molecule has 2 N–H and O–H groups in total. The Bertz CT molecular complexity index is 1260. The lowest BCUT2D eigenvalue weighted by atomic mass is 10.0. The van der Waals surface area contributed by atoms with Crippen LogP contribution < -0.4 is 4.72 Å². The summed E-state index contributed by atoms with van der Waals surface area (Å²) in [5, 5.41) is 3.89. The van der Waals surface area contributed by atoms with E-state index in [-0.39, 0.29) is 17.4 Å². The molecule has 0 saturated heterocycles. The first kappa shape index (κ1) is 20.3. The second-order valence-corrected chi connectivity index (χ2v) is 9.32. The van der Waals surface area contributed by atoms with Crippen LogP contribution in [-0.2, 0) is 16.4 Å². The van der Waals surface area contributed by atoms with Crippen LogP contribution >= 0.6 is 0 Å². The fourth-order valence-electron chi connectivity index (χ4n) is 3.40. The zero-order chi connectivity index (χ0) is 21.3. The van der Waals surface area contributed by atoms with Gasteiger partial charge in [-0.15, -0.1) is 0 Å². The Labute approximate surface area is 175 Å². The average molecular weight is 425 g/mol. The Hall–Kier alpha value is -2.97. The average Bonchev–Trinajstić information content (AvgIpc) is 3.33. The molecule has 4 aromatic rings. The van der Waals surface area contributed by atoms with Gasteiger partial charge in [-0.1, -0.05) is 43.3 Å². The monoisotopic (exact) mass is 424 g/mol. The summed E-state index contributed by atoms with van der Waals surface area (Å²) < 4.78 is 34.3. The molecule has 0 radical (unpaired) electrons. The summed E-state index contributed by atoms with van der Waals surface area (Å²) in [6, 6.07) is 14.9. The molecule has 8 heteroatoms. The summed E-state index contributed by atoms with van der Waals surface area (Å²) in [6.45, 7) is 6.01. The molecule has 2 heterocycles. The highest BCUT2D eigenvalue weighted by atomic mass is 32.2. The van der Waals surface area contributed by atoms with E-state index in [2.05, 4.69) is 19.8 Å². The van der Waals surface area contributed by atoms with Crippen molar-refractivity contribution in [2.24, 2.45) is 0 Å². The molecule has 0 saturated carbocycles. The van der Waals surface area contributed by atoms with Gasteiger partial charge in [0, 0.05) is 24.6 Å². The van der Waals surface area contributed by atoms with Crippen molar-refractivity contribution in [1.82, 2.24) is 19.8 Å². The molecule has 0 fully saturated rings. The minimum Gasteiger partial charge on any atom is -0.356 e. The van der Waals surface area contributed by atoms with Gasteiger partial charge in [-0.05, 0) is 36.6 Å². The molecule has 4 rings (SSSR count). The third kappa shape index (κ3) is 4.15. The molecule has 0 spiro atoms. The molecule has 2 aromatic carbocycles. The number of fused-ring (bicyclic) bond motifs is 1. The van der Waals surface area contributed by atoms with Crippen molar-refractivity contribution in [3.63, 3.8) is 0 Å². The highest BCUT2D eigenvalue weighted by Gasteiger charge is 2.22. The van der Waals surface area contributed by atoms with Crippen molar-refractivity contribution < 1.29 is 12.9 Å². The lowest BCUT2D eigenvalue weighted by Gasteiger charge is -2.15. The van der Waals surface area contributed by atoms with E-state index in [1.165, 1.54) is 0 Å². The predicted molar refractivity (Wildman–Crippen MR) is 116 cm³/mol. The number of hydrogen-bond acceptors (Lipinski definition) is 5. The van der Waals surface area contributed by atoms with Gasteiger partial charge in [-0.2, -0.15) is 0 Å². The molecule has 0 unspecified atom stereocenters. The number of aryl methyl sites for hydroxylation is 1. The van der Waals surface area contributed by atoms with Gasteiger partial charge in [0.05, 0.1) is 21.6 Å². The molecule has 0 aliphatic carbocycles. The van der Waals surface area contributed by atoms with Gasteiger partial charge in [-0.3, -0.25) is 0 Å². The first-order valence-electron chi connectivity index (χ1n) is 9.84. The Morgan fingerprint density at radius 1 is 1.13 bits per heavy atom. The van der Waals surface area contributed by atoms with E-state index in [1.54, 1.807) is 12.1 Å². The molecule has 2 aromatic heterocycles. The third-order valence-electron chi connectivity index (χ3n) is 4.93. The molecule has 0 amide bonds. The number of para-hydroxylation sites is 2. The van der Waals surface area contributed by atoms with Crippen molar-refractivity contribution in [2.45, 2.75) is 38.0 Å². The van der Waals surface area contributed by atoms with E-state index in [9.17, 15) is 8.42 Å². The van der Waals surface area contributed by atoms with Gasteiger partial charge < -0.3 is 9.51 Å². The van der Waals surface area contributed by atoms with Crippen LogP contribution in [0.3, 0.4) is 0 Å². The minimum absolute atomic E-state index is 0.0532. The Morgan fingerprint density at radius 2 is 1.93 bits per heavy atom. The fraction of sp³-hybridized carbons (Fsp3) is 0.273. The van der Waals surface area contributed by atoms with E-state index in [0.717, 1.165) is 28.1 Å². The maximum atomic E-state index is 13.1. The number of sulfonamides is 1. The molecule has 0 atom stereocenters. The van der Waals surface area contributed by atoms with Crippen molar-refractivity contribution in [2.75, 3.05) is 6.54 Å². The van der Waals surface area contributed by atoms with Gasteiger partial charge in [0.25, 0.3) is 0 Å². The van der Waals surface area contributed by atoms with Crippen LogP contribution in [0.15, 0.2) is 57.9 Å². The lowest BCUT2D eigenvalue weighted by molar-refractivity contribution is 0.427. The smallest absolute Gasteiger partial charge is 0.240 e. The highest BCUT2D eigenvalue weighted by molar-refractivity contribution is 7.89. The number of aromatic amines is 1. The number of H-pyrrole nitrogens is 1. The standard InChI is InChI=1S/C22H24N4O3S/c1-14(2)17-9-8-16(20-12-15(3)26-29-20)13-21(17)30(27,28)23-11-10-22-24-18-6-4-5-7-19(18)25-22/h4-9,12-14,23H,10-11H2,1-3H3,(H,24,25). The number of nitrogens with one attached hydrogen (secondary N) is 2. The first-order chi connectivity index (χ1) is 14.3. The molecular formula is C22H24N4O3S. The molecule has 7 nitrogen and oxygen atoms in total. The maximum Gasteiger partial charge on any atom is 0.240 e. The van der Waals surface area contributed by atoms with Crippen LogP contribution in [0.1, 0.15) is 36.8 Å². The third-order valence-corrected chi connectivity index (χ3v) is 6.45. The zero-order valence-electron chi connectivity index (χ0n) is 17.1. The number of hydrogen-bond donors (Lipinski definition) is 2. The summed E-state index contributed by atoms with van der Waals surface area (Å²) in [6.07, 6.45) is 0.464. The molecular weight excluding hydrogens is 400 g/mol. The topological polar surface area (TPSA) is 101 Å². The van der Waals surface area contributed by atoms with E-state index in [1.807, 2.05) is 57.2 Å². The number of nitrogens with zero attached hydrogens (tertiary/aromatic N) is 2. The molecule has 0 bridgehead atoms. The predicted octanol–water partition coefficient (Wildman–Crippen LogP) is 4.17. The Kier molecular flexibility index (Phi) is 5.44. The Balaban J connectivity index is 1.57. The van der Waals surface area contributed by atoms with Crippen LogP contribution in [0.2, 0.25) is 0 Å². The van der Waals surface area contributed by atoms with Crippen LogP contribution in [0, 0.1) is 6.92 Å². The fourth-order valence-corrected chi connectivity index (χ4v) is 4.83. The molecule has 0 aliphatic rings. The van der Waals surface area contributed by atoms with E-state index >= 15 is 0 Å². The molecule has 156 valence electrons. The largest absolute Gasteiger partial charge is 0.356 e. The number of imidazole rings is 1. The van der Waals surface area contributed by atoms with Crippen LogP contribution in [0.4, 0.5) is 0 Å². The number of rotatable bonds is 7. The molecule has 30 heavy (non-hydrogen) atoms. The maximum absolute atomic E-state index is 13.1. The van der Waals surface area contributed by atoms with Gasteiger partial charge in [-0.25, -0.2) is 18.1 Å².